The smallest absolute Gasteiger partial charge is 0.163 e. The van der Waals surface area contributed by atoms with Gasteiger partial charge in [0.25, 0.3) is 0 Å². The van der Waals surface area contributed by atoms with E-state index in [1.165, 1.54) is 25.9 Å². The Bertz CT molecular complexity index is 1030. The third kappa shape index (κ3) is 3.68. The lowest BCUT2D eigenvalue weighted by Crippen LogP contribution is -2.22. The summed E-state index contributed by atoms with van der Waals surface area (Å²) in [5.41, 5.74) is 2.04. The van der Waals surface area contributed by atoms with Crippen molar-refractivity contribution in [2.24, 2.45) is 0 Å². The van der Waals surface area contributed by atoms with Gasteiger partial charge in [-0.2, -0.15) is 0 Å². The molecule has 4 heterocycles. The summed E-state index contributed by atoms with van der Waals surface area (Å²) in [5, 5.41) is 12.1. The Labute approximate surface area is 176 Å². The van der Waals surface area contributed by atoms with Gasteiger partial charge in [0, 0.05) is 37.3 Å². The van der Waals surface area contributed by atoms with E-state index in [9.17, 15) is 5.11 Å². The van der Waals surface area contributed by atoms with Gasteiger partial charge in [0.1, 0.15) is 5.82 Å². The van der Waals surface area contributed by atoms with Gasteiger partial charge >= 0.3 is 0 Å². The van der Waals surface area contributed by atoms with Gasteiger partial charge in [0.15, 0.2) is 11.5 Å². The maximum absolute atomic E-state index is 9.97. The number of benzene rings is 1. The van der Waals surface area contributed by atoms with Crippen molar-refractivity contribution in [1.29, 1.82) is 0 Å². The Morgan fingerprint density at radius 1 is 1.17 bits per heavy atom. The number of aromatic nitrogens is 2. The number of pyridine rings is 1. The number of fused-ring (bicyclic) bond motifs is 3. The van der Waals surface area contributed by atoms with E-state index in [0.717, 1.165) is 65.1 Å². The second-order valence-electron chi connectivity index (χ2n) is 8.37. The van der Waals surface area contributed by atoms with Gasteiger partial charge in [-0.1, -0.05) is 0 Å². The Hall–Kier alpha value is -2.51. The van der Waals surface area contributed by atoms with E-state index >= 15 is 0 Å². The molecule has 0 amide bonds. The highest BCUT2D eigenvalue weighted by atomic mass is 16.5. The number of likely N-dealkylation sites (tertiary alicyclic amines) is 1. The average molecular weight is 411 g/mol. The molecule has 2 saturated heterocycles. The number of aliphatic hydroxyl groups is 1. The molecule has 30 heavy (non-hydrogen) atoms. The van der Waals surface area contributed by atoms with Crippen LogP contribution in [0.1, 0.15) is 25.7 Å². The van der Waals surface area contributed by atoms with Crippen LogP contribution in [-0.2, 0) is 0 Å². The van der Waals surface area contributed by atoms with Crippen molar-refractivity contribution < 1.29 is 14.6 Å². The van der Waals surface area contributed by atoms with Crippen molar-refractivity contribution >= 4 is 27.6 Å². The molecule has 0 unspecified atom stereocenters. The average Bonchev–Trinajstić information content (AvgIpc) is 3.49. The number of hydrogen-bond acceptors (Lipinski definition) is 6. The van der Waals surface area contributed by atoms with Crippen molar-refractivity contribution in [2.45, 2.75) is 31.8 Å². The fourth-order valence-corrected chi connectivity index (χ4v) is 4.76. The molecule has 3 aromatic rings. The van der Waals surface area contributed by atoms with E-state index in [4.69, 9.17) is 9.47 Å². The highest BCUT2D eigenvalue weighted by molar-refractivity contribution is 6.13. The van der Waals surface area contributed by atoms with E-state index in [0.29, 0.717) is 13.2 Å². The van der Waals surface area contributed by atoms with Crippen LogP contribution >= 0.6 is 0 Å². The molecule has 0 aliphatic carbocycles. The number of rotatable bonds is 7. The van der Waals surface area contributed by atoms with Crippen LogP contribution in [-0.4, -0.2) is 72.5 Å². The van der Waals surface area contributed by atoms with Gasteiger partial charge in [-0.05, 0) is 50.9 Å². The molecule has 5 rings (SSSR count). The van der Waals surface area contributed by atoms with E-state index in [1.807, 2.05) is 24.4 Å². The van der Waals surface area contributed by atoms with E-state index in [2.05, 4.69) is 19.8 Å². The quantitative estimate of drug-likeness (QED) is 0.583. The largest absolute Gasteiger partial charge is 0.493 e. The summed E-state index contributed by atoms with van der Waals surface area (Å²) in [7, 11) is 1.68. The number of anilines is 1. The van der Waals surface area contributed by atoms with Crippen LogP contribution in [0.5, 0.6) is 11.5 Å². The molecule has 2 aromatic heterocycles. The number of nitrogens with zero attached hydrogens (tertiary/aromatic N) is 3. The first kappa shape index (κ1) is 19.5. The summed E-state index contributed by atoms with van der Waals surface area (Å²) >= 11 is 0. The third-order valence-electron chi connectivity index (χ3n) is 6.31. The second kappa shape index (κ2) is 8.32. The van der Waals surface area contributed by atoms with Crippen LogP contribution in [0.4, 0.5) is 5.82 Å². The van der Waals surface area contributed by atoms with Crippen molar-refractivity contribution in [2.75, 3.05) is 51.3 Å². The van der Waals surface area contributed by atoms with Crippen LogP contribution in [0.15, 0.2) is 24.4 Å². The van der Waals surface area contributed by atoms with Gasteiger partial charge in [-0.3, -0.25) is 0 Å². The summed E-state index contributed by atoms with van der Waals surface area (Å²) in [6.07, 6.45) is 5.96. The van der Waals surface area contributed by atoms with Crippen molar-refractivity contribution in [3.8, 4) is 11.5 Å². The molecule has 1 atom stereocenters. The summed E-state index contributed by atoms with van der Waals surface area (Å²) in [4.78, 5) is 12.8. The van der Waals surface area contributed by atoms with Crippen LogP contribution in [0.2, 0.25) is 0 Å². The molecule has 2 aliphatic heterocycles. The maximum Gasteiger partial charge on any atom is 0.163 e. The predicted molar refractivity (Wildman–Crippen MR) is 119 cm³/mol. The third-order valence-corrected chi connectivity index (χ3v) is 6.31. The Morgan fingerprint density at radius 3 is 2.80 bits per heavy atom. The molecule has 0 spiro atoms. The molecule has 2 fully saturated rings. The van der Waals surface area contributed by atoms with Crippen molar-refractivity contribution in [3.05, 3.63) is 24.4 Å². The fourth-order valence-electron chi connectivity index (χ4n) is 4.76. The Morgan fingerprint density at radius 2 is 2.03 bits per heavy atom. The van der Waals surface area contributed by atoms with Gasteiger partial charge < -0.3 is 29.4 Å². The predicted octanol–water partition coefficient (Wildman–Crippen LogP) is 3.16. The van der Waals surface area contributed by atoms with Gasteiger partial charge in [0.2, 0.25) is 0 Å². The second-order valence-corrected chi connectivity index (χ2v) is 8.37. The van der Waals surface area contributed by atoms with Crippen LogP contribution in [0.3, 0.4) is 0 Å². The van der Waals surface area contributed by atoms with Crippen LogP contribution in [0, 0.1) is 0 Å². The van der Waals surface area contributed by atoms with Crippen LogP contribution < -0.4 is 14.4 Å². The molecule has 160 valence electrons. The molecule has 0 radical (unpaired) electrons. The highest BCUT2D eigenvalue weighted by Gasteiger charge is 2.24. The number of β-amino-alcohol motifs (C(OH)–C–C–N with tert-alkyl or cyclic N) is 1. The molecular weight excluding hydrogens is 380 g/mol. The lowest BCUT2D eigenvalue weighted by molar-refractivity contribution is 0.198. The monoisotopic (exact) mass is 410 g/mol. The number of ether oxygens (including phenoxy) is 2. The summed E-state index contributed by atoms with van der Waals surface area (Å²) < 4.78 is 11.8. The normalized spacial score (nSPS) is 19.9. The fraction of sp³-hybridized carbons (Fsp3) is 0.522. The Balaban J connectivity index is 1.42. The molecule has 0 saturated carbocycles. The summed E-state index contributed by atoms with van der Waals surface area (Å²) in [5.74, 6) is 2.42. The molecule has 7 nitrogen and oxygen atoms in total. The number of aliphatic hydroxyl groups excluding tert-OH is 1. The molecule has 0 bridgehead atoms. The van der Waals surface area contributed by atoms with E-state index in [-0.39, 0.29) is 6.10 Å². The lowest BCUT2D eigenvalue weighted by atomic mass is 10.1. The maximum atomic E-state index is 9.97. The first-order valence-corrected chi connectivity index (χ1v) is 11.0. The zero-order chi connectivity index (χ0) is 20.5. The number of H-pyrrole nitrogens is 1. The SMILES string of the molecule is COc1cc2c(cc1OCCCN1CCCC1)[nH]c1ccnc(N3CC[C@H](O)C3)c12. The number of aromatic amines is 1. The van der Waals surface area contributed by atoms with Gasteiger partial charge in [-0.15, -0.1) is 0 Å². The van der Waals surface area contributed by atoms with Crippen LogP contribution in [0.25, 0.3) is 21.8 Å². The standard InChI is InChI=1S/C23H30N4O3/c1-29-20-13-17-19(14-21(20)30-12-4-10-26-8-2-3-9-26)25-18-5-7-24-23(22(17)18)27-11-6-16(28)15-27/h5,7,13-14,16,25,28H,2-4,6,8-12,15H2,1H3/t16-/m0/s1. The van der Waals surface area contributed by atoms with Gasteiger partial charge in [0.05, 0.1) is 36.2 Å². The number of nitrogens with one attached hydrogen (secondary N) is 1. The Kier molecular flexibility index (Phi) is 5.39. The zero-order valence-corrected chi connectivity index (χ0v) is 17.6. The molecule has 2 aliphatic rings. The zero-order valence-electron chi connectivity index (χ0n) is 17.6. The minimum atomic E-state index is -0.289. The molecule has 1 aromatic carbocycles. The van der Waals surface area contributed by atoms with Crippen molar-refractivity contribution in [3.63, 3.8) is 0 Å². The van der Waals surface area contributed by atoms with Gasteiger partial charge in [-0.25, -0.2) is 4.98 Å². The topological polar surface area (TPSA) is 73.9 Å². The minimum absolute atomic E-state index is 0.289. The number of methoxy groups -OCH3 is 1. The first-order chi connectivity index (χ1) is 14.7. The minimum Gasteiger partial charge on any atom is -0.493 e. The van der Waals surface area contributed by atoms with E-state index < -0.39 is 0 Å². The van der Waals surface area contributed by atoms with E-state index in [1.54, 1.807) is 7.11 Å². The van der Waals surface area contributed by atoms with Crippen molar-refractivity contribution in [1.82, 2.24) is 14.9 Å². The summed E-state index contributed by atoms with van der Waals surface area (Å²) in [6.45, 7) is 5.64. The summed E-state index contributed by atoms with van der Waals surface area (Å²) in [6, 6.07) is 6.07. The molecular formula is C23H30N4O3. The number of hydrogen-bond donors (Lipinski definition) is 2. The first-order valence-electron chi connectivity index (χ1n) is 11.0. The highest BCUT2D eigenvalue weighted by Crippen LogP contribution is 2.39. The lowest BCUT2D eigenvalue weighted by Gasteiger charge is -2.18. The molecule has 7 heteroatoms. The molecule has 2 N–H and O–H groups in total.